The minimum Gasteiger partial charge on any atom is -0.480 e. The molecular weight excluding hydrogens is 395 g/mol. The molecule has 2 aliphatic rings. The number of carbonyl (C=O) groups is 1. The summed E-state index contributed by atoms with van der Waals surface area (Å²) in [7, 11) is -4.35. The Morgan fingerprint density at radius 2 is 2.14 bits per heavy atom. The summed E-state index contributed by atoms with van der Waals surface area (Å²) in [6.07, 6.45) is 0.963. The van der Waals surface area contributed by atoms with Crippen LogP contribution < -0.4 is 15.7 Å². The van der Waals surface area contributed by atoms with Crippen LogP contribution in [-0.2, 0) is 18.6 Å². The fourth-order valence-electron chi connectivity index (χ4n) is 3.17. The van der Waals surface area contributed by atoms with Gasteiger partial charge in [0.25, 0.3) is 0 Å². The zero-order valence-electron chi connectivity index (χ0n) is 15.0. The molecule has 0 saturated carbocycles. The Labute approximate surface area is 160 Å². The van der Waals surface area contributed by atoms with Crippen molar-refractivity contribution in [2.24, 2.45) is 0 Å². The number of carboxylic acids is 1. The summed E-state index contributed by atoms with van der Waals surface area (Å²) in [6, 6.07) is 1.71. The lowest BCUT2D eigenvalue weighted by Gasteiger charge is -2.19. The molecule has 0 amide bonds. The molecule has 13 heteroatoms. The highest BCUT2D eigenvalue weighted by Gasteiger charge is 2.37. The maximum absolute atomic E-state index is 12.3. The molecule has 28 heavy (non-hydrogen) atoms. The molecule has 0 aromatic carbocycles. The molecule has 4 atom stereocenters. The second-order valence-electron chi connectivity index (χ2n) is 6.65. The van der Waals surface area contributed by atoms with Crippen LogP contribution in [0, 0.1) is 0 Å². The van der Waals surface area contributed by atoms with E-state index in [4.69, 9.17) is 14.4 Å². The Morgan fingerprint density at radius 3 is 2.79 bits per heavy atom. The third-order valence-corrected chi connectivity index (χ3v) is 5.66. The lowest BCUT2D eigenvalue weighted by atomic mass is 10.2. The van der Waals surface area contributed by atoms with Crippen LogP contribution in [0.3, 0.4) is 0 Å². The molecule has 2 aliphatic heterocycles. The molecule has 12 nitrogen and oxygen atoms in total. The summed E-state index contributed by atoms with van der Waals surface area (Å²) in [5.41, 5.74) is -0.515. The Morgan fingerprint density at radius 1 is 1.43 bits per heavy atom. The molecule has 0 aliphatic carbocycles. The van der Waals surface area contributed by atoms with Crippen LogP contribution >= 0.6 is 7.75 Å². The lowest BCUT2D eigenvalue weighted by Crippen LogP contribution is -2.30. The topological polar surface area (TPSA) is 163 Å². The van der Waals surface area contributed by atoms with Crippen molar-refractivity contribution < 1.29 is 33.7 Å². The number of aromatic nitrogens is 2. The van der Waals surface area contributed by atoms with Gasteiger partial charge in [-0.05, 0) is 18.9 Å². The normalized spacial score (nSPS) is 27.1. The average Bonchev–Trinajstić information content (AvgIpc) is 3.28. The van der Waals surface area contributed by atoms with E-state index >= 15 is 0 Å². The van der Waals surface area contributed by atoms with E-state index in [2.05, 4.69) is 4.98 Å². The van der Waals surface area contributed by atoms with Gasteiger partial charge in [0, 0.05) is 25.7 Å². The van der Waals surface area contributed by atoms with Crippen LogP contribution in [0.1, 0.15) is 25.5 Å². The first kappa shape index (κ1) is 20.9. The molecule has 0 radical (unpaired) electrons. The van der Waals surface area contributed by atoms with Gasteiger partial charge in [-0.2, -0.15) is 4.98 Å². The van der Waals surface area contributed by atoms with Crippen molar-refractivity contribution in [1.82, 2.24) is 14.6 Å². The number of hydrogen-bond donors (Lipinski definition) is 4. The van der Waals surface area contributed by atoms with Gasteiger partial charge in [-0.15, -0.1) is 0 Å². The smallest absolute Gasteiger partial charge is 0.403 e. The Balaban J connectivity index is 1.59. The number of nitrogens with zero attached hydrogens (tertiary/aromatic N) is 3. The van der Waals surface area contributed by atoms with Gasteiger partial charge in [0.1, 0.15) is 24.7 Å². The van der Waals surface area contributed by atoms with Gasteiger partial charge < -0.3 is 24.7 Å². The van der Waals surface area contributed by atoms with Gasteiger partial charge in [0.15, 0.2) is 0 Å². The summed E-state index contributed by atoms with van der Waals surface area (Å²) in [6.45, 7) is 0.498. The number of anilines is 1. The molecule has 0 bridgehead atoms. The first-order chi connectivity index (χ1) is 13.2. The van der Waals surface area contributed by atoms with E-state index < -0.39 is 51.0 Å². The molecule has 0 spiro atoms. The van der Waals surface area contributed by atoms with Crippen LogP contribution in [0.15, 0.2) is 17.1 Å². The predicted octanol–water partition coefficient (Wildman–Crippen LogP) is -0.717. The van der Waals surface area contributed by atoms with E-state index in [0.717, 1.165) is 25.9 Å². The number of aliphatic hydroxyl groups excluding tert-OH is 1. The fraction of sp³-hybridized carbons (Fsp3) is 0.667. The van der Waals surface area contributed by atoms with E-state index in [0.29, 0.717) is 5.82 Å². The molecule has 1 aromatic rings. The maximum Gasteiger partial charge on any atom is 0.403 e. The third kappa shape index (κ3) is 5.16. The van der Waals surface area contributed by atoms with Crippen molar-refractivity contribution in [2.45, 2.75) is 37.7 Å². The molecule has 3 heterocycles. The zero-order valence-corrected chi connectivity index (χ0v) is 15.9. The van der Waals surface area contributed by atoms with E-state index in [1.165, 1.54) is 4.57 Å². The van der Waals surface area contributed by atoms with Crippen molar-refractivity contribution in [3.8, 4) is 0 Å². The Hall–Kier alpha value is -1.82. The summed E-state index contributed by atoms with van der Waals surface area (Å²) < 4.78 is 23.3. The van der Waals surface area contributed by atoms with Crippen molar-refractivity contribution >= 4 is 19.5 Å². The molecule has 4 N–H and O–H groups in total. The van der Waals surface area contributed by atoms with Gasteiger partial charge in [-0.25, -0.2) is 14.4 Å². The molecule has 1 aromatic heterocycles. The highest BCUT2D eigenvalue weighted by Crippen LogP contribution is 2.38. The van der Waals surface area contributed by atoms with Crippen molar-refractivity contribution in [1.29, 1.82) is 0 Å². The molecule has 2 saturated heterocycles. The second-order valence-corrected chi connectivity index (χ2v) is 8.26. The van der Waals surface area contributed by atoms with Crippen LogP contribution in [0.25, 0.3) is 0 Å². The minimum absolute atomic E-state index is 0.0803. The van der Waals surface area contributed by atoms with Gasteiger partial charge in [0.05, 0.1) is 12.7 Å². The fourth-order valence-corrected chi connectivity index (χ4v) is 3.94. The van der Waals surface area contributed by atoms with E-state index in [-0.39, 0.29) is 6.42 Å². The summed E-state index contributed by atoms with van der Waals surface area (Å²) in [4.78, 5) is 38.4. The molecule has 2 fully saturated rings. The number of aliphatic hydroxyl groups is 1. The summed E-state index contributed by atoms with van der Waals surface area (Å²) >= 11 is 0. The largest absolute Gasteiger partial charge is 0.480 e. The van der Waals surface area contributed by atoms with Gasteiger partial charge in [0.2, 0.25) is 0 Å². The minimum atomic E-state index is -4.35. The molecular formula is C15H23N4O8P. The van der Waals surface area contributed by atoms with Crippen molar-refractivity contribution in [3.63, 3.8) is 0 Å². The first-order valence-electron chi connectivity index (χ1n) is 8.87. The summed E-state index contributed by atoms with van der Waals surface area (Å²) in [5.74, 6) is -0.720. The van der Waals surface area contributed by atoms with Crippen molar-refractivity contribution in [3.05, 3.63) is 22.7 Å². The zero-order chi connectivity index (χ0) is 20.3. The predicted molar refractivity (Wildman–Crippen MR) is 95.9 cm³/mol. The quantitative estimate of drug-likeness (QED) is 0.394. The molecule has 156 valence electrons. The van der Waals surface area contributed by atoms with E-state index in [1.54, 1.807) is 12.3 Å². The van der Waals surface area contributed by atoms with Crippen LogP contribution in [0.5, 0.6) is 0 Å². The average molecular weight is 418 g/mol. The second kappa shape index (κ2) is 8.68. The van der Waals surface area contributed by atoms with E-state index in [9.17, 15) is 24.2 Å². The van der Waals surface area contributed by atoms with E-state index in [1.807, 2.05) is 9.99 Å². The third-order valence-electron chi connectivity index (χ3n) is 4.60. The lowest BCUT2D eigenvalue weighted by molar-refractivity contribution is -0.135. The van der Waals surface area contributed by atoms with Crippen LogP contribution in [0.2, 0.25) is 0 Å². The maximum atomic E-state index is 12.3. The SMILES string of the molecule is O=C(O)CNP(=O)(O)OC[C@H]1O[C@@H](n2ccc(N3CCCC3)nc2=O)CC1O. The van der Waals surface area contributed by atoms with Gasteiger partial charge >= 0.3 is 19.4 Å². The highest BCUT2D eigenvalue weighted by molar-refractivity contribution is 7.50. The number of nitrogens with one attached hydrogen (secondary N) is 1. The summed E-state index contributed by atoms with van der Waals surface area (Å²) in [5, 5.41) is 20.5. The Kier molecular flexibility index (Phi) is 6.48. The first-order valence-corrected chi connectivity index (χ1v) is 10.4. The number of carboxylic acid groups (broad SMARTS) is 1. The number of hydrogen-bond acceptors (Lipinski definition) is 8. The Bertz CT molecular complexity index is 811. The van der Waals surface area contributed by atoms with Gasteiger partial charge in [-0.3, -0.25) is 13.9 Å². The van der Waals surface area contributed by atoms with Gasteiger partial charge in [-0.1, -0.05) is 0 Å². The number of ether oxygens (including phenoxy) is 1. The number of aliphatic carboxylic acids is 1. The van der Waals surface area contributed by atoms with Crippen LogP contribution in [0.4, 0.5) is 5.82 Å². The van der Waals surface area contributed by atoms with Crippen LogP contribution in [-0.4, -0.2) is 69.1 Å². The molecule has 3 rings (SSSR count). The monoisotopic (exact) mass is 418 g/mol. The molecule has 2 unspecified atom stereocenters. The number of rotatable bonds is 8. The van der Waals surface area contributed by atoms with Crippen molar-refractivity contribution in [2.75, 3.05) is 31.1 Å². The highest BCUT2D eigenvalue weighted by atomic mass is 31.2. The standard InChI is InChI=1S/C15H23N4O8P/c20-10-7-13(27-11(10)9-26-28(24,25)16-8-14(21)22)19-6-3-12(17-15(19)23)18-4-1-2-5-18/h3,6,10-11,13,20H,1-2,4-5,7-9H2,(H,21,22)(H2,16,24,25)/t10?,11-,13-/m1/s1.